The summed E-state index contributed by atoms with van der Waals surface area (Å²) in [5.41, 5.74) is 5.95. The Kier molecular flexibility index (Phi) is 3.84. The molecule has 0 fully saturated rings. The van der Waals surface area contributed by atoms with Gasteiger partial charge in [-0.05, 0) is 50.5 Å². The van der Waals surface area contributed by atoms with Crippen molar-refractivity contribution in [3.8, 4) is 0 Å². The van der Waals surface area contributed by atoms with Crippen LogP contribution in [0.15, 0.2) is 48.7 Å². The molecule has 2 heterocycles. The third-order valence-electron chi connectivity index (χ3n) is 4.62. The fourth-order valence-electron chi connectivity index (χ4n) is 3.42. The highest BCUT2D eigenvalue weighted by atomic mass is 15.4. The Morgan fingerprint density at radius 2 is 1.96 bits per heavy atom. The van der Waals surface area contributed by atoms with Crippen molar-refractivity contribution in [1.29, 1.82) is 0 Å². The second kappa shape index (κ2) is 6.16. The first kappa shape index (κ1) is 15.6. The number of aryl methyl sites for hydroxylation is 2. The van der Waals surface area contributed by atoms with Gasteiger partial charge in [-0.1, -0.05) is 35.9 Å². The fraction of sp³-hybridized carbons (Fsp3) is 0.250. The Hall–Kier alpha value is -2.95. The number of nitrogens with zero attached hydrogens (tertiary/aromatic N) is 4. The maximum Gasteiger partial charge on any atom is 0.252 e. The van der Waals surface area contributed by atoms with Gasteiger partial charge in [-0.15, -0.1) is 5.10 Å². The maximum atomic E-state index is 4.70. The van der Waals surface area contributed by atoms with Crippen molar-refractivity contribution in [2.75, 3.05) is 10.2 Å². The number of anilines is 4. The van der Waals surface area contributed by atoms with Crippen LogP contribution in [0.5, 0.6) is 0 Å². The van der Waals surface area contributed by atoms with Gasteiger partial charge >= 0.3 is 0 Å². The van der Waals surface area contributed by atoms with Crippen LogP contribution in [0, 0.1) is 13.8 Å². The summed E-state index contributed by atoms with van der Waals surface area (Å²) in [4.78, 5) is 6.87. The number of aromatic nitrogens is 3. The molecule has 1 unspecified atom stereocenters. The van der Waals surface area contributed by atoms with Crippen LogP contribution in [0.4, 0.5) is 23.1 Å². The van der Waals surface area contributed by atoms with E-state index in [9.17, 15) is 0 Å². The first-order chi connectivity index (χ1) is 12.1. The zero-order valence-electron chi connectivity index (χ0n) is 14.7. The minimum atomic E-state index is 0.315. The lowest BCUT2D eigenvalue weighted by atomic mass is 10.1. The summed E-state index contributed by atoms with van der Waals surface area (Å²) in [6.45, 7) is 6.37. The standard InChI is InChI=1S/C20H21N5/c1-13-8-9-17(14(2)10-13)22-19-12-21-24-20(23-19)25-15(3)11-16-6-4-5-7-18(16)25/h4-10,12,15H,11H2,1-3H3,(H,22,23,24). The predicted molar refractivity (Wildman–Crippen MR) is 101 cm³/mol. The van der Waals surface area contributed by atoms with Gasteiger partial charge in [-0.25, -0.2) is 0 Å². The molecule has 1 aliphatic heterocycles. The summed E-state index contributed by atoms with van der Waals surface area (Å²) >= 11 is 0. The van der Waals surface area contributed by atoms with E-state index >= 15 is 0 Å². The molecule has 1 aliphatic rings. The van der Waals surface area contributed by atoms with Gasteiger partial charge in [0.15, 0.2) is 5.82 Å². The largest absolute Gasteiger partial charge is 0.339 e. The number of rotatable bonds is 3. The Labute approximate surface area is 147 Å². The molecule has 25 heavy (non-hydrogen) atoms. The molecule has 5 nitrogen and oxygen atoms in total. The molecular formula is C20H21N5. The van der Waals surface area contributed by atoms with Gasteiger partial charge in [0.05, 0.1) is 6.20 Å². The summed E-state index contributed by atoms with van der Waals surface area (Å²) in [6.07, 6.45) is 2.66. The first-order valence-corrected chi connectivity index (χ1v) is 8.53. The second-order valence-electron chi connectivity index (χ2n) is 6.64. The molecule has 0 saturated heterocycles. The number of para-hydroxylation sites is 1. The monoisotopic (exact) mass is 331 g/mol. The Balaban J connectivity index is 1.66. The van der Waals surface area contributed by atoms with Gasteiger partial charge < -0.3 is 10.2 Å². The van der Waals surface area contributed by atoms with Crippen LogP contribution in [-0.2, 0) is 6.42 Å². The van der Waals surface area contributed by atoms with Crippen LogP contribution in [-0.4, -0.2) is 21.2 Å². The average molecular weight is 331 g/mol. The quantitative estimate of drug-likeness (QED) is 0.775. The highest BCUT2D eigenvalue weighted by Gasteiger charge is 2.29. The predicted octanol–water partition coefficient (Wildman–Crippen LogP) is 4.31. The smallest absolute Gasteiger partial charge is 0.252 e. The Morgan fingerprint density at radius 1 is 1.12 bits per heavy atom. The summed E-state index contributed by atoms with van der Waals surface area (Å²) in [6, 6.07) is 15.0. The van der Waals surface area contributed by atoms with Crippen LogP contribution in [0.1, 0.15) is 23.6 Å². The van der Waals surface area contributed by atoms with Crippen molar-refractivity contribution in [3.05, 3.63) is 65.4 Å². The molecule has 0 saturated carbocycles. The molecule has 1 N–H and O–H groups in total. The molecular weight excluding hydrogens is 310 g/mol. The molecule has 0 radical (unpaired) electrons. The van der Waals surface area contributed by atoms with Crippen molar-refractivity contribution >= 4 is 23.1 Å². The maximum absolute atomic E-state index is 4.70. The lowest BCUT2D eigenvalue weighted by Crippen LogP contribution is -2.26. The molecule has 1 aromatic heterocycles. The normalized spacial score (nSPS) is 16.0. The van der Waals surface area contributed by atoms with E-state index in [4.69, 9.17) is 4.98 Å². The minimum Gasteiger partial charge on any atom is -0.339 e. The summed E-state index contributed by atoms with van der Waals surface area (Å²) < 4.78 is 0. The van der Waals surface area contributed by atoms with E-state index in [1.165, 1.54) is 22.4 Å². The van der Waals surface area contributed by atoms with Gasteiger partial charge in [-0.3, -0.25) is 0 Å². The molecule has 3 aromatic rings. The first-order valence-electron chi connectivity index (χ1n) is 8.53. The van der Waals surface area contributed by atoms with Crippen molar-refractivity contribution < 1.29 is 0 Å². The van der Waals surface area contributed by atoms with E-state index in [0.717, 1.165) is 12.1 Å². The minimum absolute atomic E-state index is 0.315. The third-order valence-corrected chi connectivity index (χ3v) is 4.62. The van der Waals surface area contributed by atoms with Gasteiger partial charge in [-0.2, -0.15) is 10.1 Å². The highest BCUT2D eigenvalue weighted by Crippen LogP contribution is 2.36. The van der Waals surface area contributed by atoms with E-state index in [-0.39, 0.29) is 0 Å². The lowest BCUT2D eigenvalue weighted by Gasteiger charge is -2.22. The number of hydrogen-bond acceptors (Lipinski definition) is 5. The van der Waals surface area contributed by atoms with E-state index in [0.29, 0.717) is 17.8 Å². The van der Waals surface area contributed by atoms with Gasteiger partial charge in [0.1, 0.15) is 0 Å². The molecule has 5 heteroatoms. The van der Waals surface area contributed by atoms with Crippen molar-refractivity contribution in [2.45, 2.75) is 33.2 Å². The fourth-order valence-corrected chi connectivity index (χ4v) is 3.42. The van der Waals surface area contributed by atoms with Crippen LogP contribution in [0.25, 0.3) is 0 Å². The summed E-state index contributed by atoms with van der Waals surface area (Å²) in [5.74, 6) is 1.33. The number of nitrogens with one attached hydrogen (secondary N) is 1. The number of hydrogen-bond donors (Lipinski definition) is 1. The molecule has 0 bridgehead atoms. The summed E-state index contributed by atoms with van der Waals surface area (Å²) in [7, 11) is 0. The topological polar surface area (TPSA) is 53.9 Å². The highest BCUT2D eigenvalue weighted by molar-refractivity contribution is 5.68. The SMILES string of the molecule is Cc1ccc(Nc2cnnc(N3c4ccccc4CC3C)n2)c(C)c1. The number of benzene rings is 2. The molecule has 0 spiro atoms. The molecule has 0 amide bonds. The summed E-state index contributed by atoms with van der Waals surface area (Å²) in [5, 5.41) is 11.8. The lowest BCUT2D eigenvalue weighted by molar-refractivity contribution is 0.730. The molecule has 2 aromatic carbocycles. The van der Waals surface area contributed by atoms with E-state index in [1.807, 2.05) is 0 Å². The van der Waals surface area contributed by atoms with Crippen LogP contribution < -0.4 is 10.2 Å². The van der Waals surface area contributed by atoms with Crippen molar-refractivity contribution in [3.63, 3.8) is 0 Å². The van der Waals surface area contributed by atoms with E-state index in [1.54, 1.807) is 6.20 Å². The zero-order valence-corrected chi connectivity index (χ0v) is 14.7. The number of fused-ring (bicyclic) bond motifs is 1. The third kappa shape index (κ3) is 2.93. The van der Waals surface area contributed by atoms with Gasteiger partial charge in [0.2, 0.25) is 0 Å². The molecule has 0 aliphatic carbocycles. The molecule has 126 valence electrons. The van der Waals surface area contributed by atoms with E-state index in [2.05, 4.69) is 83.6 Å². The van der Waals surface area contributed by atoms with Gasteiger partial charge in [0, 0.05) is 17.4 Å². The average Bonchev–Trinajstić information content (AvgIpc) is 2.93. The Morgan fingerprint density at radius 3 is 2.80 bits per heavy atom. The van der Waals surface area contributed by atoms with Gasteiger partial charge in [0.25, 0.3) is 5.95 Å². The Bertz CT molecular complexity index is 921. The second-order valence-corrected chi connectivity index (χ2v) is 6.64. The van der Waals surface area contributed by atoms with Crippen molar-refractivity contribution in [2.24, 2.45) is 0 Å². The van der Waals surface area contributed by atoms with Crippen LogP contribution in [0.2, 0.25) is 0 Å². The zero-order chi connectivity index (χ0) is 17.4. The molecule has 1 atom stereocenters. The van der Waals surface area contributed by atoms with Crippen LogP contribution in [0.3, 0.4) is 0 Å². The van der Waals surface area contributed by atoms with Crippen LogP contribution >= 0.6 is 0 Å². The molecule has 4 rings (SSSR count). The van der Waals surface area contributed by atoms with Crippen molar-refractivity contribution in [1.82, 2.24) is 15.2 Å². The van der Waals surface area contributed by atoms with E-state index < -0.39 is 0 Å².